The lowest BCUT2D eigenvalue weighted by Gasteiger charge is -2.26. The van der Waals surface area contributed by atoms with Crippen LogP contribution in [0.4, 0.5) is 19.2 Å². The standard InChI is InChI=1S/C18H24F3N5O4S/c1-11-8-13(18(19,20)21)9-14(12(11)2)23-17-24-15(10-30-17)16(27)25-31(28,29)26-6-3-4-22-5-7-26/h8-12,22H,3-7H2,1-2H3,(H,23,24)(H,25,27). The maximum atomic E-state index is 13.1. The lowest BCUT2D eigenvalue weighted by Crippen LogP contribution is -2.45. The van der Waals surface area contributed by atoms with Gasteiger partial charge in [0, 0.05) is 31.2 Å². The summed E-state index contributed by atoms with van der Waals surface area (Å²) in [5.74, 6) is -1.67. The Morgan fingerprint density at radius 1 is 1.29 bits per heavy atom. The first kappa shape index (κ1) is 23.3. The molecule has 2 unspecified atom stereocenters. The summed E-state index contributed by atoms with van der Waals surface area (Å²) in [6.07, 6.45) is -0.845. The molecule has 0 radical (unpaired) electrons. The van der Waals surface area contributed by atoms with E-state index in [4.69, 9.17) is 4.42 Å². The van der Waals surface area contributed by atoms with Gasteiger partial charge in [-0.2, -0.15) is 30.9 Å². The zero-order valence-electron chi connectivity index (χ0n) is 17.0. The van der Waals surface area contributed by atoms with Gasteiger partial charge in [-0.15, -0.1) is 0 Å². The Morgan fingerprint density at radius 3 is 2.74 bits per heavy atom. The minimum atomic E-state index is -4.50. The maximum absolute atomic E-state index is 13.1. The predicted molar refractivity (Wildman–Crippen MR) is 106 cm³/mol. The van der Waals surface area contributed by atoms with E-state index < -0.39 is 33.8 Å². The molecule has 2 heterocycles. The van der Waals surface area contributed by atoms with Gasteiger partial charge in [-0.1, -0.05) is 19.9 Å². The number of nitrogens with one attached hydrogen (secondary N) is 3. The zero-order valence-corrected chi connectivity index (χ0v) is 17.8. The predicted octanol–water partition coefficient (Wildman–Crippen LogP) is 2.01. The van der Waals surface area contributed by atoms with Gasteiger partial charge in [0.05, 0.1) is 5.57 Å². The van der Waals surface area contributed by atoms with Crippen LogP contribution in [0.3, 0.4) is 0 Å². The number of anilines is 1. The highest BCUT2D eigenvalue weighted by atomic mass is 32.2. The SMILES string of the molecule is CC1C=C(C(F)(F)F)C=C(Nc2nc(C(=O)NS(=O)(=O)N3CCCNCC3)co2)C1C. The first-order chi connectivity index (χ1) is 14.5. The van der Waals surface area contributed by atoms with Crippen molar-refractivity contribution in [2.45, 2.75) is 26.4 Å². The first-order valence-corrected chi connectivity index (χ1v) is 11.2. The third-order valence-electron chi connectivity index (χ3n) is 5.21. The van der Waals surface area contributed by atoms with Crippen LogP contribution in [-0.4, -0.2) is 56.0 Å². The molecule has 3 rings (SSSR count). The molecule has 1 fully saturated rings. The molecule has 0 aromatic carbocycles. The fourth-order valence-corrected chi connectivity index (χ4v) is 4.41. The van der Waals surface area contributed by atoms with E-state index in [0.717, 1.165) is 22.7 Å². The Hall–Kier alpha value is -2.38. The van der Waals surface area contributed by atoms with E-state index in [9.17, 15) is 26.4 Å². The molecular formula is C18H24F3N5O4S. The van der Waals surface area contributed by atoms with Crippen LogP contribution in [0.1, 0.15) is 30.8 Å². The number of rotatable bonds is 5. The van der Waals surface area contributed by atoms with E-state index in [1.165, 1.54) is 0 Å². The lowest BCUT2D eigenvalue weighted by molar-refractivity contribution is -0.0891. The Bertz CT molecular complexity index is 979. The highest BCUT2D eigenvalue weighted by Crippen LogP contribution is 2.36. The van der Waals surface area contributed by atoms with Crippen LogP contribution in [0.5, 0.6) is 0 Å². The van der Waals surface area contributed by atoms with Gasteiger partial charge in [-0.3, -0.25) is 4.79 Å². The summed E-state index contributed by atoms with van der Waals surface area (Å²) in [6, 6.07) is -0.213. The molecule has 2 atom stereocenters. The van der Waals surface area contributed by atoms with E-state index in [1.54, 1.807) is 13.8 Å². The number of carbonyl (C=O) groups excluding carboxylic acids is 1. The summed E-state index contributed by atoms with van der Waals surface area (Å²) in [7, 11) is -4.06. The second-order valence-electron chi connectivity index (χ2n) is 7.47. The topological polar surface area (TPSA) is 117 Å². The van der Waals surface area contributed by atoms with Crippen molar-refractivity contribution in [2.24, 2.45) is 11.8 Å². The molecular weight excluding hydrogens is 439 g/mol. The minimum Gasteiger partial charge on any atom is -0.431 e. The molecule has 172 valence electrons. The molecule has 13 heteroatoms. The number of carbonyl (C=O) groups is 1. The molecule has 0 bridgehead atoms. The van der Waals surface area contributed by atoms with E-state index in [2.05, 4.69) is 15.6 Å². The number of alkyl halides is 3. The van der Waals surface area contributed by atoms with Crippen molar-refractivity contribution in [3.05, 3.63) is 35.4 Å². The van der Waals surface area contributed by atoms with Crippen LogP contribution >= 0.6 is 0 Å². The normalized spacial score (nSPS) is 23.5. The van der Waals surface area contributed by atoms with Crippen LogP contribution in [0.15, 0.2) is 34.1 Å². The van der Waals surface area contributed by atoms with Crippen molar-refractivity contribution < 1.29 is 30.8 Å². The average Bonchev–Trinajstić information content (AvgIpc) is 2.95. The molecule has 0 spiro atoms. The monoisotopic (exact) mass is 463 g/mol. The Balaban J connectivity index is 1.70. The molecule has 9 nitrogen and oxygen atoms in total. The molecule has 2 aliphatic rings. The van der Waals surface area contributed by atoms with Gasteiger partial charge in [-0.05, 0) is 25.0 Å². The van der Waals surface area contributed by atoms with Crippen molar-refractivity contribution in [2.75, 3.05) is 31.5 Å². The quantitative estimate of drug-likeness (QED) is 0.612. The summed E-state index contributed by atoms with van der Waals surface area (Å²) in [6.45, 7) is 5.02. The third-order valence-corrected chi connectivity index (χ3v) is 6.70. The van der Waals surface area contributed by atoms with Crippen molar-refractivity contribution in [3.8, 4) is 0 Å². The van der Waals surface area contributed by atoms with Gasteiger partial charge < -0.3 is 15.1 Å². The fraction of sp³-hybridized carbons (Fsp3) is 0.556. The summed E-state index contributed by atoms with van der Waals surface area (Å²) >= 11 is 0. The smallest absolute Gasteiger partial charge is 0.416 e. The Morgan fingerprint density at radius 2 is 2.03 bits per heavy atom. The van der Waals surface area contributed by atoms with E-state index in [1.807, 2.05) is 4.72 Å². The third kappa shape index (κ3) is 5.66. The Labute approximate surface area is 177 Å². The maximum Gasteiger partial charge on any atom is 0.416 e. The number of amides is 1. The van der Waals surface area contributed by atoms with Crippen LogP contribution < -0.4 is 15.4 Å². The number of halogens is 3. The molecule has 1 saturated heterocycles. The van der Waals surface area contributed by atoms with Crippen molar-refractivity contribution in [3.63, 3.8) is 0 Å². The lowest BCUT2D eigenvalue weighted by atomic mass is 9.85. The summed E-state index contributed by atoms with van der Waals surface area (Å²) < 4.78 is 72.4. The molecule has 3 N–H and O–H groups in total. The molecule has 1 aromatic rings. The van der Waals surface area contributed by atoms with Crippen LogP contribution in [0.2, 0.25) is 0 Å². The van der Waals surface area contributed by atoms with Crippen molar-refractivity contribution >= 4 is 22.1 Å². The molecule has 1 amide bonds. The van der Waals surface area contributed by atoms with Gasteiger partial charge in [0.15, 0.2) is 5.69 Å². The van der Waals surface area contributed by atoms with Crippen LogP contribution in [0.25, 0.3) is 0 Å². The fourth-order valence-electron chi connectivity index (χ4n) is 3.24. The summed E-state index contributed by atoms with van der Waals surface area (Å²) in [4.78, 5) is 16.2. The second-order valence-corrected chi connectivity index (χ2v) is 9.14. The average molecular weight is 463 g/mol. The molecule has 31 heavy (non-hydrogen) atoms. The number of oxazole rings is 1. The number of hydrogen-bond donors (Lipinski definition) is 3. The number of allylic oxidation sites excluding steroid dienone is 4. The van der Waals surface area contributed by atoms with E-state index in [0.29, 0.717) is 19.5 Å². The van der Waals surface area contributed by atoms with Gasteiger partial charge in [0.1, 0.15) is 6.26 Å². The highest BCUT2D eigenvalue weighted by Gasteiger charge is 2.36. The minimum absolute atomic E-state index is 0.213. The van der Waals surface area contributed by atoms with Gasteiger partial charge in [0.25, 0.3) is 11.9 Å². The highest BCUT2D eigenvalue weighted by molar-refractivity contribution is 7.87. The first-order valence-electron chi connectivity index (χ1n) is 9.73. The van der Waals surface area contributed by atoms with Crippen molar-refractivity contribution in [1.82, 2.24) is 19.3 Å². The van der Waals surface area contributed by atoms with Crippen LogP contribution in [0, 0.1) is 11.8 Å². The van der Waals surface area contributed by atoms with Crippen molar-refractivity contribution in [1.29, 1.82) is 0 Å². The van der Waals surface area contributed by atoms with Gasteiger partial charge >= 0.3 is 16.4 Å². The van der Waals surface area contributed by atoms with E-state index in [-0.39, 0.29) is 36.4 Å². The largest absolute Gasteiger partial charge is 0.431 e. The Kier molecular flexibility index (Phi) is 6.76. The van der Waals surface area contributed by atoms with Crippen LogP contribution in [-0.2, 0) is 10.2 Å². The zero-order chi connectivity index (χ0) is 22.8. The molecule has 1 aromatic heterocycles. The summed E-state index contributed by atoms with van der Waals surface area (Å²) in [5, 5.41) is 5.73. The number of hydrogen-bond acceptors (Lipinski definition) is 7. The molecule has 1 aliphatic heterocycles. The molecule has 1 aliphatic carbocycles. The molecule has 0 saturated carbocycles. The number of aromatic nitrogens is 1. The second kappa shape index (κ2) is 9.01. The van der Waals surface area contributed by atoms with Gasteiger partial charge in [-0.25, -0.2) is 4.72 Å². The number of nitrogens with zero attached hydrogens (tertiary/aromatic N) is 2. The van der Waals surface area contributed by atoms with Gasteiger partial charge in [0.2, 0.25) is 0 Å². The summed E-state index contributed by atoms with van der Waals surface area (Å²) in [5.41, 5.74) is -0.883. The van der Waals surface area contributed by atoms with E-state index >= 15 is 0 Å².